The molecule has 1 aromatic heterocycles. The fraction of sp³-hybridized carbons (Fsp3) is 0.333. The van der Waals surface area contributed by atoms with Gasteiger partial charge in [0.15, 0.2) is 0 Å². The van der Waals surface area contributed by atoms with Crippen molar-refractivity contribution in [1.29, 1.82) is 0 Å². The maximum Gasteiger partial charge on any atom is 0.259 e. The fourth-order valence-electron chi connectivity index (χ4n) is 4.01. The molecule has 0 aliphatic carbocycles. The van der Waals surface area contributed by atoms with Crippen LogP contribution in [0.25, 0.3) is 0 Å². The van der Waals surface area contributed by atoms with Gasteiger partial charge >= 0.3 is 0 Å². The number of pyridine rings is 1. The third kappa shape index (κ3) is 5.31. The molecule has 6 heteroatoms. The van der Waals surface area contributed by atoms with Gasteiger partial charge in [-0.1, -0.05) is 50.6 Å². The Kier molecular flexibility index (Phi) is 6.61. The summed E-state index contributed by atoms with van der Waals surface area (Å²) in [5, 5.41) is 0.724. The second-order valence-corrected chi connectivity index (χ2v) is 9.88. The number of aromatic nitrogens is 1. The van der Waals surface area contributed by atoms with Crippen LogP contribution in [-0.2, 0) is 5.41 Å². The Labute approximate surface area is 201 Å². The largest absolute Gasteiger partial charge is 0.438 e. The number of halogens is 1. The highest BCUT2D eigenvalue weighted by Crippen LogP contribution is 2.29. The van der Waals surface area contributed by atoms with Crippen LogP contribution in [0.3, 0.4) is 0 Å². The van der Waals surface area contributed by atoms with Crippen LogP contribution in [0, 0.1) is 6.92 Å². The molecule has 0 bridgehead atoms. The zero-order chi connectivity index (χ0) is 23.6. The lowest BCUT2D eigenvalue weighted by Gasteiger charge is -2.37. The number of piperazine rings is 1. The summed E-state index contributed by atoms with van der Waals surface area (Å²) < 4.78 is 6.02. The van der Waals surface area contributed by atoms with Gasteiger partial charge in [-0.3, -0.25) is 4.79 Å². The SMILES string of the molecule is Cc1ccc(Cl)cc1N1CCN(C(=O)c2cccnc2Oc2ccc(C(C)(C)C)cc2)CC1. The zero-order valence-corrected chi connectivity index (χ0v) is 20.4. The highest BCUT2D eigenvalue weighted by molar-refractivity contribution is 6.30. The average Bonchev–Trinajstić information content (AvgIpc) is 2.80. The van der Waals surface area contributed by atoms with Crippen molar-refractivity contribution in [2.45, 2.75) is 33.1 Å². The standard InChI is InChI=1S/C27H30ClN3O2/c1-19-7-10-21(28)18-24(19)30-14-16-31(17-15-30)26(32)23-6-5-13-29-25(23)33-22-11-8-20(9-12-22)27(2,3)4/h5-13,18H,14-17H2,1-4H3. The lowest BCUT2D eigenvalue weighted by Crippen LogP contribution is -2.49. The molecule has 4 rings (SSSR count). The molecule has 0 saturated carbocycles. The molecule has 0 unspecified atom stereocenters. The van der Waals surface area contributed by atoms with Crippen molar-refractivity contribution in [1.82, 2.24) is 9.88 Å². The van der Waals surface area contributed by atoms with Crippen molar-refractivity contribution in [2.75, 3.05) is 31.1 Å². The van der Waals surface area contributed by atoms with Crippen LogP contribution in [-0.4, -0.2) is 42.0 Å². The van der Waals surface area contributed by atoms with E-state index in [2.05, 4.69) is 49.7 Å². The van der Waals surface area contributed by atoms with Crippen LogP contribution in [0.15, 0.2) is 60.8 Å². The van der Waals surface area contributed by atoms with Gasteiger partial charge < -0.3 is 14.5 Å². The molecule has 2 heterocycles. The molecule has 5 nitrogen and oxygen atoms in total. The predicted octanol–water partition coefficient (Wildman–Crippen LogP) is 6.10. The van der Waals surface area contributed by atoms with Crippen LogP contribution in [0.4, 0.5) is 5.69 Å². The maximum atomic E-state index is 13.3. The number of hydrogen-bond acceptors (Lipinski definition) is 4. The van der Waals surface area contributed by atoms with Gasteiger partial charge in [0.1, 0.15) is 11.3 Å². The van der Waals surface area contributed by atoms with E-state index < -0.39 is 0 Å². The molecule has 0 spiro atoms. The van der Waals surface area contributed by atoms with Gasteiger partial charge in [-0.05, 0) is 59.9 Å². The number of hydrogen-bond donors (Lipinski definition) is 0. The van der Waals surface area contributed by atoms with Gasteiger partial charge in [0, 0.05) is 43.1 Å². The summed E-state index contributed by atoms with van der Waals surface area (Å²) in [4.78, 5) is 21.8. The number of anilines is 1. The van der Waals surface area contributed by atoms with Gasteiger partial charge in [-0.25, -0.2) is 4.98 Å². The molecular weight excluding hydrogens is 434 g/mol. The third-order valence-electron chi connectivity index (χ3n) is 6.02. The van der Waals surface area contributed by atoms with E-state index in [1.165, 1.54) is 11.1 Å². The van der Waals surface area contributed by atoms with Crippen molar-refractivity contribution in [3.8, 4) is 11.6 Å². The number of carbonyl (C=O) groups is 1. The summed E-state index contributed by atoms with van der Waals surface area (Å²) in [6.45, 7) is 11.3. The maximum absolute atomic E-state index is 13.3. The van der Waals surface area contributed by atoms with E-state index in [1.54, 1.807) is 18.3 Å². The molecule has 0 N–H and O–H groups in total. The van der Waals surface area contributed by atoms with Crippen LogP contribution in [0.1, 0.15) is 42.3 Å². The number of benzene rings is 2. The molecule has 172 valence electrons. The Morgan fingerprint density at radius 1 is 1.00 bits per heavy atom. The number of nitrogens with zero attached hydrogens (tertiary/aromatic N) is 3. The van der Waals surface area contributed by atoms with Crippen molar-refractivity contribution < 1.29 is 9.53 Å². The highest BCUT2D eigenvalue weighted by atomic mass is 35.5. The van der Waals surface area contributed by atoms with E-state index in [1.807, 2.05) is 35.2 Å². The highest BCUT2D eigenvalue weighted by Gasteiger charge is 2.26. The lowest BCUT2D eigenvalue weighted by atomic mass is 9.87. The third-order valence-corrected chi connectivity index (χ3v) is 6.25. The average molecular weight is 464 g/mol. The van der Waals surface area contributed by atoms with Crippen LogP contribution >= 0.6 is 11.6 Å². The molecule has 0 atom stereocenters. The number of amides is 1. The molecule has 1 fully saturated rings. The summed E-state index contributed by atoms with van der Waals surface area (Å²) in [6, 6.07) is 17.4. The minimum atomic E-state index is -0.0631. The molecular formula is C27H30ClN3O2. The molecule has 33 heavy (non-hydrogen) atoms. The number of aryl methyl sites for hydroxylation is 1. The summed E-state index contributed by atoms with van der Waals surface area (Å²) in [7, 11) is 0. The van der Waals surface area contributed by atoms with Gasteiger partial charge in [-0.15, -0.1) is 0 Å². The normalized spacial score (nSPS) is 14.3. The molecule has 0 radical (unpaired) electrons. The van der Waals surface area contributed by atoms with E-state index in [4.69, 9.17) is 16.3 Å². The van der Waals surface area contributed by atoms with Crippen molar-refractivity contribution in [2.24, 2.45) is 0 Å². The minimum Gasteiger partial charge on any atom is -0.438 e. The van der Waals surface area contributed by atoms with Gasteiger partial charge in [0.05, 0.1) is 0 Å². The summed E-state index contributed by atoms with van der Waals surface area (Å²) in [5.74, 6) is 0.933. The van der Waals surface area contributed by atoms with Gasteiger partial charge in [-0.2, -0.15) is 0 Å². The summed E-state index contributed by atoms with van der Waals surface area (Å²) in [5.41, 5.74) is 4.07. The number of rotatable bonds is 4. The molecule has 1 amide bonds. The van der Waals surface area contributed by atoms with E-state index in [0.29, 0.717) is 30.3 Å². The molecule has 1 aliphatic rings. The molecule has 1 aliphatic heterocycles. The predicted molar refractivity (Wildman–Crippen MR) is 134 cm³/mol. The Bertz CT molecular complexity index is 1130. The van der Waals surface area contributed by atoms with Crippen molar-refractivity contribution in [3.63, 3.8) is 0 Å². The van der Waals surface area contributed by atoms with Crippen molar-refractivity contribution in [3.05, 3.63) is 82.5 Å². The summed E-state index contributed by atoms with van der Waals surface area (Å²) >= 11 is 6.20. The van der Waals surface area contributed by atoms with Crippen molar-refractivity contribution >= 4 is 23.2 Å². The molecule has 1 saturated heterocycles. The van der Waals surface area contributed by atoms with E-state index in [0.717, 1.165) is 23.8 Å². The molecule has 2 aromatic carbocycles. The second kappa shape index (κ2) is 9.44. The Morgan fingerprint density at radius 2 is 1.70 bits per heavy atom. The lowest BCUT2D eigenvalue weighted by molar-refractivity contribution is 0.0743. The first-order valence-corrected chi connectivity index (χ1v) is 11.6. The van der Waals surface area contributed by atoms with E-state index in [9.17, 15) is 4.79 Å². The second-order valence-electron chi connectivity index (χ2n) is 9.44. The first-order chi connectivity index (χ1) is 15.7. The number of ether oxygens (including phenoxy) is 1. The quantitative estimate of drug-likeness (QED) is 0.469. The van der Waals surface area contributed by atoms with Crippen LogP contribution in [0.2, 0.25) is 5.02 Å². The fourth-order valence-corrected chi connectivity index (χ4v) is 4.18. The monoisotopic (exact) mass is 463 g/mol. The topological polar surface area (TPSA) is 45.7 Å². The minimum absolute atomic E-state index is 0.0631. The smallest absolute Gasteiger partial charge is 0.259 e. The number of carbonyl (C=O) groups excluding carboxylic acids is 1. The van der Waals surface area contributed by atoms with Gasteiger partial charge in [0.25, 0.3) is 5.91 Å². The Balaban J connectivity index is 1.46. The Morgan fingerprint density at radius 3 is 2.36 bits per heavy atom. The first kappa shape index (κ1) is 23.1. The molecule has 3 aromatic rings. The summed E-state index contributed by atoms with van der Waals surface area (Å²) in [6.07, 6.45) is 1.65. The van der Waals surface area contributed by atoms with E-state index >= 15 is 0 Å². The first-order valence-electron chi connectivity index (χ1n) is 11.3. The van der Waals surface area contributed by atoms with Crippen LogP contribution < -0.4 is 9.64 Å². The van der Waals surface area contributed by atoms with E-state index in [-0.39, 0.29) is 11.3 Å². The Hall–Kier alpha value is -3.05. The van der Waals surface area contributed by atoms with Gasteiger partial charge in [0.2, 0.25) is 5.88 Å². The zero-order valence-electron chi connectivity index (χ0n) is 19.6. The van der Waals surface area contributed by atoms with Crippen LogP contribution in [0.5, 0.6) is 11.6 Å².